The summed E-state index contributed by atoms with van der Waals surface area (Å²) in [6.07, 6.45) is -1.03. The highest BCUT2D eigenvalue weighted by Gasteiger charge is 2.64. The summed E-state index contributed by atoms with van der Waals surface area (Å²) in [5.74, 6) is -8.51. The lowest BCUT2D eigenvalue weighted by molar-refractivity contribution is -0.158. The molecule has 3 aliphatic rings. The van der Waals surface area contributed by atoms with E-state index < -0.39 is 87.2 Å². The van der Waals surface area contributed by atoms with E-state index in [1.54, 1.807) is 25.1 Å². The number of amides is 2. The summed E-state index contributed by atoms with van der Waals surface area (Å²) < 4.78 is 5.14. The zero-order valence-electron chi connectivity index (χ0n) is 28.9. The Morgan fingerprint density at radius 2 is 1.71 bits per heavy atom. The van der Waals surface area contributed by atoms with Gasteiger partial charge in [-0.2, -0.15) is 0 Å². The molecule has 262 valence electrons. The third kappa shape index (κ3) is 6.02. The van der Waals surface area contributed by atoms with Gasteiger partial charge in [-0.1, -0.05) is 20.8 Å². The van der Waals surface area contributed by atoms with Crippen LogP contribution < -0.4 is 10.6 Å². The number of carbonyl (C=O) groups is 5. The first-order chi connectivity index (χ1) is 22.0. The lowest BCUT2D eigenvalue weighted by Gasteiger charge is -2.50. The van der Waals surface area contributed by atoms with Gasteiger partial charge in [0.05, 0.1) is 11.6 Å². The van der Waals surface area contributed by atoms with Gasteiger partial charge in [-0.3, -0.25) is 28.9 Å². The molecule has 1 aromatic rings. The summed E-state index contributed by atoms with van der Waals surface area (Å²) >= 11 is 0. The number of esters is 1. The van der Waals surface area contributed by atoms with Crippen molar-refractivity contribution in [1.29, 1.82) is 0 Å². The first kappa shape index (κ1) is 36.4. The number of aromatic hydroxyl groups is 1. The van der Waals surface area contributed by atoms with E-state index in [-0.39, 0.29) is 42.6 Å². The van der Waals surface area contributed by atoms with Crippen molar-refractivity contribution in [3.8, 4) is 5.75 Å². The number of ketones is 2. The number of carbonyl (C=O) groups excluding carboxylic acids is 5. The normalized spacial score (nSPS) is 24.5. The fourth-order valence-electron chi connectivity index (χ4n) is 7.41. The van der Waals surface area contributed by atoms with E-state index in [1.807, 2.05) is 20.8 Å². The second kappa shape index (κ2) is 12.5. The number of likely N-dealkylation sites (N-methyl/N-ethyl adjacent to an activating group) is 1. The van der Waals surface area contributed by atoms with Gasteiger partial charge in [0.25, 0.3) is 11.8 Å². The van der Waals surface area contributed by atoms with Crippen molar-refractivity contribution in [2.24, 2.45) is 23.0 Å². The van der Waals surface area contributed by atoms with Crippen molar-refractivity contribution in [2.45, 2.75) is 71.8 Å². The number of ether oxygens (including phenoxy) is 1. The Labute approximate surface area is 279 Å². The lowest BCUT2D eigenvalue weighted by Crippen LogP contribution is -2.65. The maximum Gasteiger partial charge on any atom is 0.303 e. The topological polar surface area (TPSA) is 211 Å². The summed E-state index contributed by atoms with van der Waals surface area (Å²) in [5, 5.41) is 46.6. The van der Waals surface area contributed by atoms with Crippen LogP contribution in [-0.2, 0) is 41.7 Å². The van der Waals surface area contributed by atoms with Crippen LogP contribution in [0.3, 0.4) is 0 Å². The Morgan fingerprint density at radius 3 is 2.21 bits per heavy atom. The molecule has 0 heterocycles. The fourth-order valence-corrected chi connectivity index (χ4v) is 7.41. The Morgan fingerprint density at radius 1 is 1.10 bits per heavy atom. The molecule has 6 N–H and O–H groups in total. The highest BCUT2D eigenvalue weighted by molar-refractivity contribution is 6.24. The molecular weight excluding hydrogens is 624 g/mol. The van der Waals surface area contributed by atoms with Crippen LogP contribution in [0.4, 0.5) is 5.69 Å². The van der Waals surface area contributed by atoms with Crippen molar-refractivity contribution in [1.82, 2.24) is 9.80 Å². The highest BCUT2D eigenvalue weighted by atomic mass is 16.5. The van der Waals surface area contributed by atoms with Gasteiger partial charge in [0.2, 0.25) is 5.78 Å². The van der Waals surface area contributed by atoms with E-state index in [2.05, 4.69) is 0 Å². The average Bonchev–Trinajstić information content (AvgIpc) is 2.93. The summed E-state index contributed by atoms with van der Waals surface area (Å²) in [4.78, 5) is 69.6. The number of nitrogens with zero attached hydrogens (tertiary/aromatic N) is 3. The molecule has 0 spiro atoms. The molecule has 3 aliphatic carbocycles. The summed E-state index contributed by atoms with van der Waals surface area (Å²) in [6.45, 7) is 8.46. The molecule has 0 radical (unpaired) electrons. The van der Waals surface area contributed by atoms with E-state index in [0.717, 1.165) is 0 Å². The predicted octanol–water partition coefficient (Wildman–Crippen LogP) is 1.36. The Bertz CT molecular complexity index is 1650. The number of nitrogens with two attached hydrogens (primary N) is 1. The number of Topliss-reactive ketones (excluding diaryl/α,β-unsaturated/α-hetero) is 2. The number of hydrogen-bond acceptors (Lipinski definition) is 12. The number of fused-ring (bicyclic) bond motifs is 3. The molecule has 1 unspecified atom stereocenters. The van der Waals surface area contributed by atoms with Crippen molar-refractivity contribution < 1.29 is 49.1 Å². The number of phenols is 1. The lowest BCUT2D eigenvalue weighted by atomic mass is 9.57. The summed E-state index contributed by atoms with van der Waals surface area (Å²) in [7, 11) is 6.60. The van der Waals surface area contributed by atoms with Crippen molar-refractivity contribution in [2.75, 3.05) is 39.6 Å². The third-order valence-electron chi connectivity index (χ3n) is 9.29. The van der Waals surface area contributed by atoms with Gasteiger partial charge in [-0.15, -0.1) is 0 Å². The Balaban J connectivity index is 1.92. The summed E-state index contributed by atoms with van der Waals surface area (Å²) in [6, 6.07) is 0.500. The molecular formula is C34H46N4O10. The number of aliphatic hydroxyl groups is 3. The zero-order chi connectivity index (χ0) is 36.4. The number of primary amides is 1. The SMILES string of the molecule is CC(=O)OC(C)C(=O)N(Cc1cc(N(C)C)c2c(c1O)C(O)=C1C(=O)[C@]3(O)C(O)=C(C(N)=O)C(=O)[C@@H](N(C)C)[C@@H]3C[C@@H]1C2)CC(C)(C)C. The molecule has 0 saturated heterocycles. The van der Waals surface area contributed by atoms with E-state index in [9.17, 15) is 44.4 Å². The number of rotatable bonds is 8. The molecule has 1 fully saturated rings. The van der Waals surface area contributed by atoms with Gasteiger partial charge in [0.15, 0.2) is 17.5 Å². The predicted molar refractivity (Wildman–Crippen MR) is 175 cm³/mol. The van der Waals surface area contributed by atoms with Crippen molar-refractivity contribution >= 4 is 40.8 Å². The molecule has 0 bridgehead atoms. The molecule has 0 aromatic heterocycles. The maximum absolute atomic E-state index is 14.3. The van der Waals surface area contributed by atoms with Gasteiger partial charge in [-0.05, 0) is 56.8 Å². The minimum atomic E-state index is -2.76. The molecule has 0 aliphatic heterocycles. The standard InChI is InChI=1S/C34H46N4O10/c1-15(48-16(2)39)32(46)38(14-33(3,4)5)13-18-12-21(36(6)7)19-10-17-11-20-25(37(8)9)28(42)24(31(35)45)30(44)34(20,47)29(43)22(17)27(41)23(19)26(18)40/h12,15,17,20,25,40-41,44,47H,10-11,13-14H2,1-9H3,(H2,35,45)/t15?,17-,20-,25-,34-/m0/s1. The molecule has 4 rings (SSSR count). The summed E-state index contributed by atoms with van der Waals surface area (Å²) in [5.41, 5.74) is 2.31. The number of aliphatic hydroxyl groups excluding tert-OH is 2. The van der Waals surface area contributed by atoms with Crippen molar-refractivity contribution in [3.05, 3.63) is 39.7 Å². The molecule has 1 aromatic carbocycles. The van der Waals surface area contributed by atoms with E-state index in [1.165, 1.54) is 37.7 Å². The largest absolute Gasteiger partial charge is 0.508 e. The van der Waals surface area contributed by atoms with Gasteiger partial charge in [0.1, 0.15) is 22.8 Å². The first-order valence-electron chi connectivity index (χ1n) is 15.7. The van der Waals surface area contributed by atoms with Crippen LogP contribution in [0, 0.1) is 17.3 Å². The monoisotopic (exact) mass is 670 g/mol. The second-order valence-electron chi connectivity index (χ2n) is 14.6. The van der Waals surface area contributed by atoms with E-state index in [0.29, 0.717) is 11.3 Å². The second-order valence-corrected chi connectivity index (χ2v) is 14.6. The zero-order valence-corrected chi connectivity index (χ0v) is 28.9. The van der Waals surface area contributed by atoms with Gasteiger partial charge < -0.3 is 40.7 Å². The Kier molecular flexibility index (Phi) is 9.52. The fraction of sp³-hybridized carbons (Fsp3) is 0.559. The molecule has 1 saturated carbocycles. The smallest absolute Gasteiger partial charge is 0.303 e. The minimum absolute atomic E-state index is 0.0386. The van der Waals surface area contributed by atoms with Gasteiger partial charge >= 0.3 is 5.97 Å². The Hall–Kier alpha value is -4.43. The van der Waals surface area contributed by atoms with Crippen LogP contribution in [0.2, 0.25) is 0 Å². The maximum atomic E-state index is 14.3. The number of benzene rings is 1. The van der Waals surface area contributed by atoms with Gasteiger partial charge in [-0.25, -0.2) is 0 Å². The third-order valence-corrected chi connectivity index (χ3v) is 9.29. The molecule has 14 nitrogen and oxygen atoms in total. The highest BCUT2D eigenvalue weighted by Crippen LogP contribution is 2.54. The van der Waals surface area contributed by atoms with Crippen molar-refractivity contribution in [3.63, 3.8) is 0 Å². The molecule has 48 heavy (non-hydrogen) atoms. The number of phenolic OH excluding ortho intramolecular Hbond substituents is 1. The van der Waals surface area contributed by atoms with E-state index >= 15 is 0 Å². The average molecular weight is 671 g/mol. The minimum Gasteiger partial charge on any atom is -0.508 e. The number of anilines is 1. The molecule has 14 heteroatoms. The van der Waals surface area contributed by atoms with Gasteiger partial charge in [0, 0.05) is 56.9 Å². The van der Waals surface area contributed by atoms with Crippen LogP contribution in [0.25, 0.3) is 5.76 Å². The van der Waals surface area contributed by atoms with E-state index in [4.69, 9.17) is 10.5 Å². The quantitative estimate of drug-likeness (QED) is 0.196. The molecule has 2 amide bonds. The molecule has 5 atom stereocenters. The van der Waals surface area contributed by atoms with Crippen LogP contribution in [-0.4, -0.2) is 112 Å². The van der Waals surface area contributed by atoms with Crippen LogP contribution in [0.1, 0.15) is 57.7 Å². The van der Waals surface area contributed by atoms with Crippen LogP contribution >= 0.6 is 0 Å². The number of hydrogen-bond donors (Lipinski definition) is 5. The van der Waals surface area contributed by atoms with Crippen LogP contribution in [0.15, 0.2) is 23.0 Å². The first-order valence-corrected chi connectivity index (χ1v) is 15.7. The van der Waals surface area contributed by atoms with Crippen LogP contribution in [0.5, 0.6) is 5.75 Å².